The molecule has 3 nitrogen and oxygen atoms in total. The van der Waals surface area contributed by atoms with Gasteiger partial charge in [-0.1, -0.05) is 30.3 Å². The van der Waals surface area contributed by atoms with Crippen molar-refractivity contribution < 1.29 is 9.53 Å². The highest BCUT2D eigenvalue weighted by molar-refractivity contribution is 5.75. The molecule has 0 spiro atoms. The van der Waals surface area contributed by atoms with E-state index in [9.17, 15) is 4.79 Å². The quantitative estimate of drug-likeness (QED) is 0.784. The van der Waals surface area contributed by atoms with Crippen molar-refractivity contribution >= 4 is 5.97 Å². The molecular weight excluding hydrogens is 238 g/mol. The molecule has 1 saturated heterocycles. The second kappa shape index (κ2) is 5.74. The zero-order valence-electron chi connectivity index (χ0n) is 12.1. The molecule has 0 bridgehead atoms. The Hall–Kier alpha value is -1.35. The summed E-state index contributed by atoms with van der Waals surface area (Å²) in [6, 6.07) is 10.4. The van der Waals surface area contributed by atoms with Crippen molar-refractivity contribution in [1.29, 1.82) is 0 Å². The molecular formula is C16H23NO2. The molecule has 0 aromatic heterocycles. The predicted octanol–water partition coefficient (Wildman–Crippen LogP) is 2.85. The molecule has 0 radical (unpaired) electrons. The second-order valence-corrected chi connectivity index (χ2v) is 6.29. The third kappa shape index (κ3) is 4.06. The van der Waals surface area contributed by atoms with Crippen molar-refractivity contribution in [2.45, 2.75) is 39.8 Å². The van der Waals surface area contributed by atoms with E-state index < -0.39 is 5.41 Å². The molecule has 0 saturated carbocycles. The van der Waals surface area contributed by atoms with Crippen LogP contribution >= 0.6 is 0 Å². The van der Waals surface area contributed by atoms with Gasteiger partial charge in [0.15, 0.2) is 0 Å². The van der Waals surface area contributed by atoms with E-state index in [0.29, 0.717) is 0 Å². The average Bonchev–Trinajstić information content (AvgIpc) is 2.76. The first kappa shape index (κ1) is 14.1. The maximum Gasteiger partial charge on any atom is 0.311 e. The first-order chi connectivity index (χ1) is 8.95. The van der Waals surface area contributed by atoms with Crippen LogP contribution in [0.4, 0.5) is 0 Å². The van der Waals surface area contributed by atoms with E-state index in [1.54, 1.807) is 0 Å². The molecule has 1 unspecified atom stereocenters. The van der Waals surface area contributed by atoms with Crippen LogP contribution in [0.15, 0.2) is 30.3 Å². The van der Waals surface area contributed by atoms with Gasteiger partial charge in [0.1, 0.15) is 6.10 Å². The van der Waals surface area contributed by atoms with Gasteiger partial charge in [0.2, 0.25) is 0 Å². The van der Waals surface area contributed by atoms with Crippen molar-refractivity contribution in [3.63, 3.8) is 0 Å². The number of carbonyl (C=O) groups is 1. The van der Waals surface area contributed by atoms with Crippen LogP contribution in [0.25, 0.3) is 0 Å². The molecule has 3 heteroatoms. The lowest BCUT2D eigenvalue weighted by atomic mass is 9.97. The van der Waals surface area contributed by atoms with Gasteiger partial charge < -0.3 is 4.74 Å². The van der Waals surface area contributed by atoms with E-state index in [1.165, 1.54) is 5.56 Å². The summed E-state index contributed by atoms with van der Waals surface area (Å²) in [6.45, 7) is 8.46. The predicted molar refractivity (Wildman–Crippen MR) is 75.7 cm³/mol. The van der Waals surface area contributed by atoms with Gasteiger partial charge in [-0.25, -0.2) is 0 Å². The van der Waals surface area contributed by atoms with E-state index >= 15 is 0 Å². The summed E-state index contributed by atoms with van der Waals surface area (Å²) in [5.41, 5.74) is 0.901. The summed E-state index contributed by atoms with van der Waals surface area (Å²) >= 11 is 0. The van der Waals surface area contributed by atoms with Gasteiger partial charge in [0, 0.05) is 19.6 Å². The van der Waals surface area contributed by atoms with Crippen molar-refractivity contribution in [2.75, 3.05) is 13.1 Å². The Bertz CT molecular complexity index is 422. The first-order valence-electron chi connectivity index (χ1n) is 6.92. The fourth-order valence-corrected chi connectivity index (χ4v) is 2.21. The maximum atomic E-state index is 11.8. The zero-order valence-corrected chi connectivity index (χ0v) is 12.1. The fourth-order valence-electron chi connectivity index (χ4n) is 2.21. The van der Waals surface area contributed by atoms with Gasteiger partial charge in [-0.3, -0.25) is 9.69 Å². The van der Waals surface area contributed by atoms with Crippen molar-refractivity contribution in [3.05, 3.63) is 35.9 Å². The smallest absolute Gasteiger partial charge is 0.311 e. The average molecular weight is 261 g/mol. The number of hydrogen-bond acceptors (Lipinski definition) is 3. The topological polar surface area (TPSA) is 29.5 Å². The third-order valence-electron chi connectivity index (χ3n) is 3.36. The van der Waals surface area contributed by atoms with Gasteiger partial charge in [-0.2, -0.15) is 0 Å². The van der Waals surface area contributed by atoms with E-state index in [4.69, 9.17) is 4.74 Å². The van der Waals surface area contributed by atoms with Gasteiger partial charge in [0.25, 0.3) is 0 Å². The lowest BCUT2D eigenvalue weighted by molar-refractivity contribution is -0.157. The summed E-state index contributed by atoms with van der Waals surface area (Å²) in [4.78, 5) is 14.2. The largest absolute Gasteiger partial charge is 0.461 e. The minimum absolute atomic E-state index is 0.0513. The van der Waals surface area contributed by atoms with E-state index in [2.05, 4.69) is 29.2 Å². The van der Waals surface area contributed by atoms with Crippen LogP contribution in [0, 0.1) is 5.41 Å². The summed E-state index contributed by atoms with van der Waals surface area (Å²) in [5, 5.41) is 0. The maximum absolute atomic E-state index is 11.8. The van der Waals surface area contributed by atoms with Crippen molar-refractivity contribution in [1.82, 2.24) is 4.90 Å². The molecule has 1 heterocycles. The SMILES string of the molecule is CC(C)(C)C(=O)OC1CCN(Cc2ccccc2)C1. The molecule has 1 aliphatic rings. The normalized spacial score (nSPS) is 20.5. The van der Waals surface area contributed by atoms with Crippen LogP contribution in [-0.4, -0.2) is 30.1 Å². The van der Waals surface area contributed by atoms with Crippen LogP contribution in [0.3, 0.4) is 0 Å². The molecule has 1 aromatic rings. The Balaban J connectivity index is 1.82. The highest BCUT2D eigenvalue weighted by atomic mass is 16.5. The molecule has 1 aliphatic heterocycles. The summed E-state index contributed by atoms with van der Waals surface area (Å²) in [7, 11) is 0. The third-order valence-corrected chi connectivity index (χ3v) is 3.36. The number of ether oxygens (including phenoxy) is 1. The highest BCUT2D eigenvalue weighted by Crippen LogP contribution is 2.21. The van der Waals surface area contributed by atoms with Crippen LogP contribution in [0.5, 0.6) is 0 Å². The molecule has 104 valence electrons. The summed E-state index contributed by atoms with van der Waals surface area (Å²) < 4.78 is 5.56. The fraction of sp³-hybridized carbons (Fsp3) is 0.562. The molecule has 1 fully saturated rings. The van der Waals surface area contributed by atoms with Gasteiger partial charge in [-0.15, -0.1) is 0 Å². The van der Waals surface area contributed by atoms with Crippen LogP contribution in [0.2, 0.25) is 0 Å². The standard InChI is InChI=1S/C16H23NO2/c1-16(2,3)15(18)19-14-9-10-17(12-14)11-13-7-5-4-6-8-13/h4-8,14H,9-12H2,1-3H3. The minimum Gasteiger partial charge on any atom is -0.461 e. The monoisotopic (exact) mass is 261 g/mol. The van der Waals surface area contributed by atoms with Crippen LogP contribution < -0.4 is 0 Å². The number of rotatable bonds is 3. The molecule has 0 N–H and O–H groups in total. The molecule has 1 atom stereocenters. The Kier molecular flexibility index (Phi) is 4.25. The summed E-state index contributed by atoms with van der Waals surface area (Å²) in [6.07, 6.45) is 0.990. The zero-order chi connectivity index (χ0) is 13.9. The number of nitrogens with zero attached hydrogens (tertiary/aromatic N) is 1. The van der Waals surface area contributed by atoms with Gasteiger partial charge >= 0.3 is 5.97 Å². The van der Waals surface area contributed by atoms with Gasteiger partial charge in [0.05, 0.1) is 5.41 Å². The number of esters is 1. The van der Waals surface area contributed by atoms with E-state index in [1.807, 2.05) is 26.8 Å². The Morgan fingerprint density at radius 2 is 2.00 bits per heavy atom. The van der Waals surface area contributed by atoms with Crippen LogP contribution in [-0.2, 0) is 16.1 Å². The van der Waals surface area contributed by atoms with E-state index in [-0.39, 0.29) is 12.1 Å². The molecule has 0 amide bonds. The van der Waals surface area contributed by atoms with Crippen molar-refractivity contribution in [3.8, 4) is 0 Å². The molecule has 1 aromatic carbocycles. The van der Waals surface area contributed by atoms with E-state index in [0.717, 1.165) is 26.1 Å². The first-order valence-corrected chi connectivity index (χ1v) is 6.92. The number of hydrogen-bond donors (Lipinski definition) is 0. The van der Waals surface area contributed by atoms with Crippen molar-refractivity contribution in [2.24, 2.45) is 5.41 Å². The number of likely N-dealkylation sites (tertiary alicyclic amines) is 1. The summed E-state index contributed by atoms with van der Waals surface area (Å²) in [5.74, 6) is -0.0981. The Labute approximate surface area is 115 Å². The molecule has 19 heavy (non-hydrogen) atoms. The number of carbonyl (C=O) groups excluding carboxylic acids is 1. The lowest BCUT2D eigenvalue weighted by Crippen LogP contribution is -2.30. The number of benzene rings is 1. The highest BCUT2D eigenvalue weighted by Gasteiger charge is 2.30. The molecule has 0 aliphatic carbocycles. The molecule has 2 rings (SSSR count). The Morgan fingerprint density at radius 3 is 2.63 bits per heavy atom. The Morgan fingerprint density at radius 1 is 1.32 bits per heavy atom. The van der Waals surface area contributed by atoms with Gasteiger partial charge in [-0.05, 0) is 32.8 Å². The minimum atomic E-state index is -0.410. The second-order valence-electron chi connectivity index (χ2n) is 6.29. The van der Waals surface area contributed by atoms with Crippen LogP contribution in [0.1, 0.15) is 32.8 Å². The lowest BCUT2D eigenvalue weighted by Gasteiger charge is -2.21.